The van der Waals surface area contributed by atoms with Crippen LogP contribution in [0.15, 0.2) is 42.5 Å². The summed E-state index contributed by atoms with van der Waals surface area (Å²) in [5.74, 6) is -0.0364. The number of nitro groups is 2. The minimum absolute atomic E-state index is 0.0364. The highest BCUT2D eigenvalue weighted by molar-refractivity contribution is 6.30. The summed E-state index contributed by atoms with van der Waals surface area (Å²) in [4.78, 5) is 20.6. The van der Waals surface area contributed by atoms with Crippen molar-refractivity contribution in [2.24, 2.45) is 0 Å². The number of rotatable bonds is 5. The molecule has 0 atom stereocenters. The molecule has 0 unspecified atom stereocenters. The lowest BCUT2D eigenvalue weighted by atomic mass is 10.2. The van der Waals surface area contributed by atoms with Gasteiger partial charge in [0, 0.05) is 23.2 Å². The summed E-state index contributed by atoms with van der Waals surface area (Å²) in [5.41, 5.74) is -0.0445. The largest absolute Gasteiger partial charge is 0.482 e. The van der Waals surface area contributed by atoms with Gasteiger partial charge in [-0.1, -0.05) is 23.7 Å². The second kappa shape index (κ2) is 6.19. The lowest BCUT2D eigenvalue weighted by Gasteiger charge is -2.07. The molecule has 0 saturated carbocycles. The Morgan fingerprint density at radius 2 is 1.67 bits per heavy atom. The molecule has 0 heterocycles. The standard InChI is InChI=1S/C13H9ClN2O5/c14-10-5-6-12(16(19)20)13(7-10)21-8-9-3-1-2-4-11(9)15(17)18/h1-7H,8H2. The number of hydrogen-bond donors (Lipinski definition) is 0. The van der Waals surface area contributed by atoms with Gasteiger partial charge in [0.1, 0.15) is 6.61 Å². The summed E-state index contributed by atoms with van der Waals surface area (Å²) in [6.45, 7) is -0.168. The molecule has 0 bridgehead atoms. The molecule has 0 spiro atoms. The van der Waals surface area contributed by atoms with Crippen LogP contribution in [0.5, 0.6) is 5.75 Å². The SMILES string of the molecule is O=[N+]([O-])c1ccccc1COc1cc(Cl)ccc1[N+](=O)[O-]. The number of para-hydroxylation sites is 1. The van der Waals surface area contributed by atoms with E-state index in [9.17, 15) is 20.2 Å². The van der Waals surface area contributed by atoms with Gasteiger partial charge in [0.2, 0.25) is 0 Å². The third-order valence-corrected chi connectivity index (χ3v) is 2.93. The van der Waals surface area contributed by atoms with Gasteiger partial charge in [-0.3, -0.25) is 20.2 Å². The molecule has 0 aliphatic carbocycles. The van der Waals surface area contributed by atoms with E-state index in [-0.39, 0.29) is 28.8 Å². The predicted molar refractivity (Wildman–Crippen MR) is 75.5 cm³/mol. The topological polar surface area (TPSA) is 95.5 Å². The van der Waals surface area contributed by atoms with Crippen LogP contribution >= 0.6 is 11.6 Å². The molecule has 8 heteroatoms. The highest BCUT2D eigenvalue weighted by Crippen LogP contribution is 2.31. The Balaban J connectivity index is 2.27. The normalized spacial score (nSPS) is 10.1. The molecule has 0 aliphatic heterocycles. The van der Waals surface area contributed by atoms with Crippen LogP contribution in [0, 0.1) is 20.2 Å². The first kappa shape index (κ1) is 14.7. The van der Waals surface area contributed by atoms with Gasteiger partial charge < -0.3 is 4.74 Å². The van der Waals surface area contributed by atoms with E-state index >= 15 is 0 Å². The fourth-order valence-corrected chi connectivity index (χ4v) is 1.88. The molecule has 21 heavy (non-hydrogen) atoms. The number of halogens is 1. The van der Waals surface area contributed by atoms with Crippen molar-refractivity contribution in [3.8, 4) is 5.75 Å². The summed E-state index contributed by atoms with van der Waals surface area (Å²) in [7, 11) is 0. The first-order chi connectivity index (χ1) is 9.99. The first-order valence-corrected chi connectivity index (χ1v) is 6.16. The van der Waals surface area contributed by atoms with E-state index in [4.69, 9.17) is 16.3 Å². The van der Waals surface area contributed by atoms with Crippen LogP contribution in [0.3, 0.4) is 0 Å². The van der Waals surface area contributed by atoms with Crippen molar-refractivity contribution >= 4 is 23.0 Å². The van der Waals surface area contributed by atoms with E-state index in [0.29, 0.717) is 5.56 Å². The summed E-state index contributed by atoms with van der Waals surface area (Å²) < 4.78 is 5.33. The summed E-state index contributed by atoms with van der Waals surface area (Å²) >= 11 is 5.77. The minimum Gasteiger partial charge on any atom is -0.482 e. The first-order valence-electron chi connectivity index (χ1n) is 5.78. The van der Waals surface area contributed by atoms with Gasteiger partial charge in [-0.25, -0.2) is 0 Å². The molecule has 0 saturated heterocycles. The van der Waals surface area contributed by atoms with Gasteiger partial charge >= 0.3 is 5.69 Å². The van der Waals surface area contributed by atoms with Crippen LogP contribution in [0.1, 0.15) is 5.56 Å². The molecule has 108 valence electrons. The third-order valence-electron chi connectivity index (χ3n) is 2.69. The lowest BCUT2D eigenvalue weighted by molar-refractivity contribution is -0.386. The Hall–Kier alpha value is -2.67. The van der Waals surface area contributed by atoms with Crippen LogP contribution in [-0.4, -0.2) is 9.85 Å². The molecule has 0 aromatic heterocycles. The maximum absolute atomic E-state index is 10.9. The molecule has 0 amide bonds. The average Bonchev–Trinajstić information content (AvgIpc) is 2.45. The number of nitro benzene ring substituents is 2. The van der Waals surface area contributed by atoms with Crippen molar-refractivity contribution in [3.05, 3.63) is 73.3 Å². The van der Waals surface area contributed by atoms with Gasteiger partial charge in [0.05, 0.1) is 15.4 Å². The number of hydrogen-bond acceptors (Lipinski definition) is 5. The van der Waals surface area contributed by atoms with Crippen molar-refractivity contribution in [2.45, 2.75) is 6.61 Å². The number of ether oxygens (including phenoxy) is 1. The smallest absolute Gasteiger partial charge is 0.311 e. The molecular weight excluding hydrogens is 300 g/mol. The number of nitrogens with zero attached hydrogens (tertiary/aromatic N) is 2. The van der Waals surface area contributed by atoms with Gasteiger partial charge in [-0.2, -0.15) is 0 Å². The molecular formula is C13H9ClN2O5. The molecule has 2 aromatic rings. The van der Waals surface area contributed by atoms with Gasteiger partial charge in [0.15, 0.2) is 5.75 Å². The zero-order valence-electron chi connectivity index (χ0n) is 10.6. The summed E-state index contributed by atoms with van der Waals surface area (Å²) in [5, 5.41) is 22.1. The monoisotopic (exact) mass is 308 g/mol. The van der Waals surface area contributed by atoms with Crippen molar-refractivity contribution in [2.75, 3.05) is 0 Å². The van der Waals surface area contributed by atoms with Crippen LogP contribution in [0.4, 0.5) is 11.4 Å². The van der Waals surface area contributed by atoms with Crippen LogP contribution in [0.25, 0.3) is 0 Å². The van der Waals surface area contributed by atoms with E-state index in [2.05, 4.69) is 0 Å². The Bertz CT molecular complexity index is 705. The zero-order chi connectivity index (χ0) is 15.4. The zero-order valence-corrected chi connectivity index (χ0v) is 11.3. The quantitative estimate of drug-likeness (QED) is 0.619. The fraction of sp³-hybridized carbons (Fsp3) is 0.0769. The van der Waals surface area contributed by atoms with E-state index < -0.39 is 9.85 Å². The van der Waals surface area contributed by atoms with Gasteiger partial charge in [-0.15, -0.1) is 0 Å². The third kappa shape index (κ3) is 3.46. The maximum atomic E-state index is 10.9. The molecule has 0 radical (unpaired) electrons. The summed E-state index contributed by atoms with van der Waals surface area (Å²) in [6, 6.07) is 9.91. The molecule has 0 fully saturated rings. The van der Waals surface area contributed by atoms with Crippen LogP contribution in [-0.2, 0) is 6.61 Å². The van der Waals surface area contributed by atoms with Crippen molar-refractivity contribution in [3.63, 3.8) is 0 Å². The molecule has 2 aromatic carbocycles. The average molecular weight is 309 g/mol. The predicted octanol–water partition coefficient (Wildman–Crippen LogP) is 3.74. The van der Waals surface area contributed by atoms with E-state index in [1.54, 1.807) is 6.07 Å². The molecule has 0 N–H and O–H groups in total. The Labute approximate surface area is 124 Å². The highest BCUT2D eigenvalue weighted by Gasteiger charge is 2.18. The van der Waals surface area contributed by atoms with E-state index in [1.165, 1.54) is 36.4 Å². The molecule has 7 nitrogen and oxygen atoms in total. The maximum Gasteiger partial charge on any atom is 0.311 e. The van der Waals surface area contributed by atoms with Crippen LogP contribution in [0.2, 0.25) is 5.02 Å². The van der Waals surface area contributed by atoms with Crippen LogP contribution < -0.4 is 4.74 Å². The minimum atomic E-state index is -0.606. The second-order valence-electron chi connectivity index (χ2n) is 4.04. The second-order valence-corrected chi connectivity index (χ2v) is 4.48. The fourth-order valence-electron chi connectivity index (χ4n) is 1.72. The van der Waals surface area contributed by atoms with Crippen molar-refractivity contribution < 1.29 is 14.6 Å². The van der Waals surface area contributed by atoms with E-state index in [1.807, 2.05) is 0 Å². The Kier molecular flexibility index (Phi) is 4.34. The van der Waals surface area contributed by atoms with Crippen molar-refractivity contribution in [1.82, 2.24) is 0 Å². The Morgan fingerprint density at radius 3 is 2.33 bits per heavy atom. The van der Waals surface area contributed by atoms with E-state index in [0.717, 1.165) is 0 Å². The van der Waals surface area contributed by atoms with Gasteiger partial charge in [0.25, 0.3) is 5.69 Å². The summed E-state index contributed by atoms with van der Waals surface area (Å²) in [6.07, 6.45) is 0. The lowest BCUT2D eigenvalue weighted by Crippen LogP contribution is -2.02. The number of benzene rings is 2. The Morgan fingerprint density at radius 1 is 1.00 bits per heavy atom. The van der Waals surface area contributed by atoms with Crippen molar-refractivity contribution in [1.29, 1.82) is 0 Å². The highest BCUT2D eigenvalue weighted by atomic mass is 35.5. The van der Waals surface area contributed by atoms with Gasteiger partial charge in [-0.05, 0) is 12.1 Å². The molecule has 2 rings (SSSR count). The molecule has 0 aliphatic rings.